The van der Waals surface area contributed by atoms with Crippen molar-refractivity contribution in [2.75, 3.05) is 11.3 Å². The SMILES string of the molecule is CCN(Cc1cc(O)c(C(c2cccc(NS(=O)(=O)C=Cc3ccccc3)c2)C2CC2)c(=O)o1)S(=O)(=O)c1ccccc1. The Labute approximate surface area is 251 Å². The Bertz CT molecular complexity index is 1890. The monoisotopic (exact) mass is 620 g/mol. The average Bonchev–Trinajstić information content (AvgIpc) is 3.83. The second kappa shape index (κ2) is 12.6. The van der Waals surface area contributed by atoms with Crippen LogP contribution in [0, 0.1) is 5.92 Å². The van der Waals surface area contributed by atoms with Gasteiger partial charge in [-0.3, -0.25) is 4.72 Å². The van der Waals surface area contributed by atoms with Gasteiger partial charge in [0.2, 0.25) is 10.0 Å². The van der Waals surface area contributed by atoms with Crippen LogP contribution in [-0.4, -0.2) is 32.8 Å². The molecule has 0 aliphatic heterocycles. The topological polar surface area (TPSA) is 134 Å². The summed E-state index contributed by atoms with van der Waals surface area (Å²) in [5.41, 5.74) is 0.986. The van der Waals surface area contributed by atoms with Gasteiger partial charge in [0.15, 0.2) is 0 Å². The van der Waals surface area contributed by atoms with Gasteiger partial charge >= 0.3 is 5.63 Å². The molecule has 1 fully saturated rings. The highest BCUT2D eigenvalue weighted by Gasteiger charge is 2.38. The Morgan fingerprint density at radius 1 is 0.953 bits per heavy atom. The number of nitrogens with one attached hydrogen (secondary N) is 1. The summed E-state index contributed by atoms with van der Waals surface area (Å²) < 4.78 is 61.0. The normalized spacial score (nSPS) is 14.7. The molecule has 1 heterocycles. The fraction of sp³-hybridized carbons (Fsp3) is 0.219. The summed E-state index contributed by atoms with van der Waals surface area (Å²) in [6, 6.07) is 25.0. The molecule has 5 rings (SSSR count). The van der Waals surface area contributed by atoms with Crippen molar-refractivity contribution in [3.05, 3.63) is 129 Å². The Kier molecular flexibility index (Phi) is 8.86. The second-order valence-corrected chi connectivity index (χ2v) is 13.8. The Balaban J connectivity index is 1.40. The van der Waals surface area contributed by atoms with Crippen LogP contribution in [0.3, 0.4) is 0 Å². The van der Waals surface area contributed by atoms with Crippen LogP contribution >= 0.6 is 0 Å². The number of nitrogens with zero attached hydrogens (tertiary/aromatic N) is 1. The number of anilines is 1. The summed E-state index contributed by atoms with van der Waals surface area (Å²) in [6.07, 6.45) is 3.13. The van der Waals surface area contributed by atoms with Crippen molar-refractivity contribution in [2.45, 2.75) is 37.1 Å². The largest absolute Gasteiger partial charge is 0.507 e. The van der Waals surface area contributed by atoms with Crippen molar-refractivity contribution in [3.8, 4) is 5.75 Å². The van der Waals surface area contributed by atoms with Crippen LogP contribution in [-0.2, 0) is 26.6 Å². The molecule has 1 aliphatic carbocycles. The molecule has 0 saturated heterocycles. The van der Waals surface area contributed by atoms with Crippen LogP contribution in [0.2, 0.25) is 0 Å². The van der Waals surface area contributed by atoms with E-state index in [1.807, 2.05) is 18.2 Å². The van der Waals surface area contributed by atoms with E-state index in [4.69, 9.17) is 4.42 Å². The quantitative estimate of drug-likeness (QED) is 0.213. The maximum atomic E-state index is 13.3. The third-order valence-corrected chi connectivity index (χ3v) is 10.2. The molecule has 1 unspecified atom stereocenters. The molecule has 1 atom stereocenters. The highest BCUT2D eigenvalue weighted by Crippen LogP contribution is 2.48. The zero-order chi connectivity index (χ0) is 30.6. The molecule has 1 saturated carbocycles. The van der Waals surface area contributed by atoms with E-state index in [2.05, 4.69) is 4.72 Å². The summed E-state index contributed by atoms with van der Waals surface area (Å²) >= 11 is 0. The van der Waals surface area contributed by atoms with Gasteiger partial charge in [-0.25, -0.2) is 21.6 Å². The van der Waals surface area contributed by atoms with Gasteiger partial charge in [0.25, 0.3) is 10.0 Å². The summed E-state index contributed by atoms with van der Waals surface area (Å²) in [5.74, 6) is -0.776. The molecule has 3 aromatic carbocycles. The van der Waals surface area contributed by atoms with E-state index in [0.717, 1.165) is 23.8 Å². The number of rotatable bonds is 12. The minimum absolute atomic E-state index is 0.00821. The second-order valence-electron chi connectivity index (χ2n) is 10.3. The van der Waals surface area contributed by atoms with E-state index in [9.17, 15) is 26.7 Å². The Morgan fingerprint density at radius 3 is 2.26 bits per heavy atom. The van der Waals surface area contributed by atoms with Crippen LogP contribution in [0.1, 0.15) is 48.1 Å². The maximum absolute atomic E-state index is 13.3. The zero-order valence-corrected chi connectivity index (χ0v) is 25.1. The van der Waals surface area contributed by atoms with Gasteiger partial charge in [-0.2, -0.15) is 4.31 Å². The standard InChI is InChI=1S/C32H32N2O7S2/c1-2-34(43(39,40)28-14-7-4-8-15-28)22-27-21-29(35)31(32(36)41-27)30(24-16-17-24)25-12-9-13-26(20-25)33-42(37,38)19-18-23-10-5-3-6-11-23/h3-15,18-21,24,30,33,35H,2,16-17,22H2,1H3. The van der Waals surface area contributed by atoms with Crippen LogP contribution in [0.25, 0.3) is 6.08 Å². The van der Waals surface area contributed by atoms with Gasteiger partial charge in [-0.05, 0) is 60.2 Å². The number of benzene rings is 3. The summed E-state index contributed by atoms with van der Waals surface area (Å²) in [4.78, 5) is 13.4. The van der Waals surface area contributed by atoms with E-state index in [0.29, 0.717) is 11.3 Å². The van der Waals surface area contributed by atoms with Gasteiger partial charge in [-0.1, -0.05) is 67.6 Å². The summed E-state index contributed by atoms with van der Waals surface area (Å²) in [5, 5.41) is 12.2. The first-order chi connectivity index (χ1) is 20.6. The molecule has 0 amide bonds. The third kappa shape index (κ3) is 7.24. The predicted molar refractivity (Wildman–Crippen MR) is 165 cm³/mol. The lowest BCUT2D eigenvalue weighted by Crippen LogP contribution is -2.31. The van der Waals surface area contributed by atoms with Crippen molar-refractivity contribution in [1.82, 2.24) is 4.31 Å². The van der Waals surface area contributed by atoms with Crippen molar-refractivity contribution in [3.63, 3.8) is 0 Å². The highest BCUT2D eigenvalue weighted by atomic mass is 32.2. The fourth-order valence-corrected chi connectivity index (χ4v) is 7.31. The predicted octanol–water partition coefficient (Wildman–Crippen LogP) is 5.51. The van der Waals surface area contributed by atoms with E-state index in [-0.39, 0.29) is 41.0 Å². The van der Waals surface area contributed by atoms with Crippen LogP contribution < -0.4 is 10.3 Å². The molecule has 11 heteroatoms. The number of aromatic hydroxyl groups is 1. The van der Waals surface area contributed by atoms with Crippen molar-refractivity contribution in [1.29, 1.82) is 0 Å². The van der Waals surface area contributed by atoms with Gasteiger partial charge in [0.1, 0.15) is 11.5 Å². The smallest absolute Gasteiger partial charge is 0.343 e. The molecule has 2 N–H and O–H groups in total. The van der Waals surface area contributed by atoms with Gasteiger partial charge in [-0.15, -0.1) is 0 Å². The molecular weight excluding hydrogens is 588 g/mol. The lowest BCUT2D eigenvalue weighted by molar-refractivity contribution is 0.345. The molecule has 9 nitrogen and oxygen atoms in total. The van der Waals surface area contributed by atoms with Crippen molar-refractivity contribution >= 4 is 31.8 Å². The van der Waals surface area contributed by atoms with E-state index < -0.39 is 31.6 Å². The number of sulfonamides is 2. The molecule has 0 spiro atoms. The Morgan fingerprint density at radius 2 is 1.63 bits per heavy atom. The molecule has 4 aromatic rings. The van der Waals surface area contributed by atoms with E-state index in [1.54, 1.807) is 61.5 Å². The minimum atomic E-state index is -3.86. The number of hydrogen-bond acceptors (Lipinski definition) is 7. The first-order valence-electron chi connectivity index (χ1n) is 13.8. The van der Waals surface area contributed by atoms with Gasteiger partial charge < -0.3 is 9.52 Å². The molecule has 1 aliphatic rings. The molecule has 43 heavy (non-hydrogen) atoms. The maximum Gasteiger partial charge on any atom is 0.343 e. The average molecular weight is 621 g/mol. The third-order valence-electron chi connectivity index (χ3n) is 7.23. The van der Waals surface area contributed by atoms with Crippen LogP contribution in [0.4, 0.5) is 5.69 Å². The van der Waals surface area contributed by atoms with Gasteiger partial charge in [0, 0.05) is 24.2 Å². The Hall–Kier alpha value is -4.19. The molecule has 224 valence electrons. The minimum Gasteiger partial charge on any atom is -0.507 e. The van der Waals surface area contributed by atoms with Crippen LogP contribution in [0.15, 0.2) is 111 Å². The number of hydrogen-bond donors (Lipinski definition) is 2. The fourth-order valence-electron chi connectivity index (χ4n) is 5.01. The molecular formula is C32H32N2O7S2. The van der Waals surface area contributed by atoms with Crippen LogP contribution in [0.5, 0.6) is 5.75 Å². The molecule has 1 aromatic heterocycles. The molecule has 0 radical (unpaired) electrons. The first-order valence-corrected chi connectivity index (χ1v) is 16.8. The summed E-state index contributed by atoms with van der Waals surface area (Å²) in [7, 11) is -7.69. The highest BCUT2D eigenvalue weighted by molar-refractivity contribution is 7.95. The van der Waals surface area contributed by atoms with E-state index in [1.165, 1.54) is 28.6 Å². The first kappa shape index (κ1) is 30.3. The zero-order valence-electron chi connectivity index (χ0n) is 23.5. The van der Waals surface area contributed by atoms with Crippen molar-refractivity contribution in [2.24, 2.45) is 5.92 Å². The summed E-state index contributed by atoms with van der Waals surface area (Å²) in [6.45, 7) is 1.56. The molecule has 0 bridgehead atoms. The lowest BCUT2D eigenvalue weighted by atomic mass is 9.87. The van der Waals surface area contributed by atoms with Gasteiger partial charge in [0.05, 0.1) is 22.4 Å². The lowest BCUT2D eigenvalue weighted by Gasteiger charge is -2.21. The van der Waals surface area contributed by atoms with Crippen molar-refractivity contribution < 1.29 is 26.4 Å². The van der Waals surface area contributed by atoms with E-state index >= 15 is 0 Å².